The Bertz CT molecular complexity index is 54.9. The van der Waals surface area contributed by atoms with Gasteiger partial charge in [-0.1, -0.05) is 26.2 Å². The molecule has 0 aromatic heterocycles. The third-order valence-electron chi connectivity index (χ3n) is 1.29. The summed E-state index contributed by atoms with van der Waals surface area (Å²) in [4.78, 5) is 0. The largest absolute Gasteiger partial charge is 0.125 e. The van der Waals surface area contributed by atoms with Crippen LogP contribution >= 0.6 is 23.2 Å². The van der Waals surface area contributed by atoms with Crippen molar-refractivity contribution in [2.75, 3.05) is 5.88 Å². The average molecular weight is 169 g/mol. The maximum atomic E-state index is 5.77. The van der Waals surface area contributed by atoms with Gasteiger partial charge in [-0.3, -0.25) is 0 Å². The first-order valence-corrected chi connectivity index (χ1v) is 4.48. The molecule has 0 bridgehead atoms. The molecule has 0 radical (unpaired) electrons. The number of rotatable bonds is 5. The van der Waals surface area contributed by atoms with Crippen molar-refractivity contribution in [2.24, 2.45) is 0 Å². The Balaban J connectivity index is 2.88. The van der Waals surface area contributed by atoms with Crippen molar-refractivity contribution in [1.29, 1.82) is 0 Å². The van der Waals surface area contributed by atoms with Crippen LogP contribution in [0.25, 0.3) is 0 Å². The zero-order valence-corrected chi connectivity index (χ0v) is 7.38. The summed E-state index contributed by atoms with van der Waals surface area (Å²) in [6, 6.07) is 0. The van der Waals surface area contributed by atoms with Gasteiger partial charge < -0.3 is 0 Å². The van der Waals surface area contributed by atoms with Crippen LogP contribution in [-0.2, 0) is 0 Å². The summed E-state index contributed by atoms with van der Waals surface area (Å²) in [5.74, 6) is 0.589. The highest BCUT2D eigenvalue weighted by Crippen LogP contribution is 2.09. The Kier molecular flexibility index (Phi) is 7.13. The molecule has 0 N–H and O–H groups in total. The van der Waals surface area contributed by atoms with Crippen LogP contribution in [0.5, 0.6) is 0 Å². The van der Waals surface area contributed by atoms with E-state index in [0.29, 0.717) is 5.88 Å². The molecule has 1 unspecified atom stereocenters. The van der Waals surface area contributed by atoms with Gasteiger partial charge in [-0.2, -0.15) is 0 Å². The van der Waals surface area contributed by atoms with Gasteiger partial charge in [0.05, 0.1) is 0 Å². The molecule has 0 fully saturated rings. The Morgan fingerprint density at radius 1 is 1.33 bits per heavy atom. The van der Waals surface area contributed by atoms with Crippen LogP contribution in [-0.4, -0.2) is 11.3 Å². The fourth-order valence-corrected chi connectivity index (χ4v) is 1.00. The van der Waals surface area contributed by atoms with E-state index in [1.54, 1.807) is 0 Å². The first-order chi connectivity index (χ1) is 4.31. The zero-order chi connectivity index (χ0) is 7.11. The Morgan fingerprint density at radius 3 is 2.44 bits per heavy atom. The minimum Gasteiger partial charge on any atom is -0.125 e. The van der Waals surface area contributed by atoms with Crippen LogP contribution < -0.4 is 0 Å². The summed E-state index contributed by atoms with van der Waals surface area (Å²) in [5.41, 5.74) is 0. The molecule has 1 atom stereocenters. The smallest absolute Gasteiger partial charge is 0.0471 e. The molecule has 0 spiro atoms. The topological polar surface area (TPSA) is 0 Å². The first-order valence-electron chi connectivity index (χ1n) is 3.51. The second-order valence-electron chi connectivity index (χ2n) is 2.25. The molecule has 0 aliphatic rings. The summed E-state index contributed by atoms with van der Waals surface area (Å²) < 4.78 is 0. The molecule has 0 amide bonds. The molecule has 0 nitrogen and oxygen atoms in total. The summed E-state index contributed by atoms with van der Waals surface area (Å²) >= 11 is 11.3. The van der Waals surface area contributed by atoms with Gasteiger partial charge in [-0.05, 0) is 6.42 Å². The van der Waals surface area contributed by atoms with Gasteiger partial charge in [0.15, 0.2) is 0 Å². The van der Waals surface area contributed by atoms with Crippen LogP contribution in [0.15, 0.2) is 0 Å². The quantitative estimate of drug-likeness (QED) is 0.437. The lowest BCUT2D eigenvalue weighted by molar-refractivity contribution is 0.662. The highest BCUT2D eigenvalue weighted by Gasteiger charge is 1.99. The molecule has 56 valence electrons. The van der Waals surface area contributed by atoms with Crippen LogP contribution in [0.1, 0.15) is 32.6 Å². The molecular weight excluding hydrogens is 155 g/mol. The maximum absolute atomic E-state index is 5.77. The molecule has 9 heavy (non-hydrogen) atoms. The lowest BCUT2D eigenvalue weighted by Gasteiger charge is -2.02. The van der Waals surface area contributed by atoms with Crippen LogP contribution in [0, 0.1) is 0 Å². The second-order valence-corrected chi connectivity index (χ2v) is 3.17. The molecule has 0 saturated heterocycles. The van der Waals surface area contributed by atoms with Gasteiger partial charge in [-0.15, -0.1) is 23.2 Å². The van der Waals surface area contributed by atoms with E-state index >= 15 is 0 Å². The Labute approximate surface area is 67.5 Å². The Hall–Kier alpha value is 0.580. The molecule has 0 saturated carbocycles. The number of hydrogen-bond donors (Lipinski definition) is 0. The molecule has 2 heteroatoms. The Morgan fingerprint density at radius 2 is 2.00 bits per heavy atom. The minimum atomic E-state index is 0.193. The molecular formula is C7H14Cl2. The summed E-state index contributed by atoms with van der Waals surface area (Å²) in [6.45, 7) is 2.18. The predicted molar refractivity (Wildman–Crippen MR) is 44.5 cm³/mol. The number of halogens is 2. The molecule has 0 heterocycles. The SMILES string of the molecule is CCCCCC(Cl)CCl. The number of hydrogen-bond acceptors (Lipinski definition) is 0. The van der Waals surface area contributed by atoms with Gasteiger partial charge >= 0.3 is 0 Å². The molecule has 0 aromatic carbocycles. The highest BCUT2D eigenvalue weighted by molar-refractivity contribution is 6.28. The average Bonchev–Trinajstić information content (AvgIpc) is 1.89. The van der Waals surface area contributed by atoms with Crippen molar-refractivity contribution in [3.8, 4) is 0 Å². The lowest BCUT2D eigenvalue weighted by atomic mass is 10.2. The van der Waals surface area contributed by atoms with Crippen LogP contribution in [0.3, 0.4) is 0 Å². The fraction of sp³-hybridized carbons (Fsp3) is 1.00. The highest BCUT2D eigenvalue weighted by atomic mass is 35.5. The number of alkyl halides is 2. The monoisotopic (exact) mass is 168 g/mol. The van der Waals surface area contributed by atoms with E-state index in [0.717, 1.165) is 6.42 Å². The van der Waals surface area contributed by atoms with E-state index in [1.165, 1.54) is 19.3 Å². The van der Waals surface area contributed by atoms with Crippen molar-refractivity contribution in [3.63, 3.8) is 0 Å². The van der Waals surface area contributed by atoms with Crippen molar-refractivity contribution >= 4 is 23.2 Å². The van der Waals surface area contributed by atoms with Crippen molar-refractivity contribution in [1.82, 2.24) is 0 Å². The van der Waals surface area contributed by atoms with Crippen molar-refractivity contribution in [3.05, 3.63) is 0 Å². The predicted octanol–water partition coefficient (Wildman–Crippen LogP) is 3.41. The second kappa shape index (κ2) is 6.70. The van der Waals surface area contributed by atoms with E-state index in [-0.39, 0.29) is 5.38 Å². The third-order valence-corrected chi connectivity index (χ3v) is 2.19. The van der Waals surface area contributed by atoms with E-state index in [2.05, 4.69) is 6.92 Å². The standard InChI is InChI=1S/C7H14Cl2/c1-2-3-4-5-7(9)6-8/h7H,2-6H2,1H3. The molecule has 0 aliphatic carbocycles. The molecule has 0 aromatic rings. The molecule has 0 rings (SSSR count). The van der Waals surface area contributed by atoms with Crippen LogP contribution in [0.2, 0.25) is 0 Å². The maximum Gasteiger partial charge on any atom is 0.0471 e. The van der Waals surface area contributed by atoms with E-state index in [9.17, 15) is 0 Å². The zero-order valence-electron chi connectivity index (χ0n) is 5.87. The molecule has 0 aliphatic heterocycles. The van der Waals surface area contributed by atoms with Crippen molar-refractivity contribution in [2.45, 2.75) is 38.0 Å². The summed E-state index contributed by atoms with van der Waals surface area (Å²) in [6.07, 6.45) is 4.82. The van der Waals surface area contributed by atoms with E-state index in [1.807, 2.05) is 0 Å². The first kappa shape index (κ1) is 9.58. The van der Waals surface area contributed by atoms with Gasteiger partial charge in [0.1, 0.15) is 0 Å². The van der Waals surface area contributed by atoms with Crippen LogP contribution in [0.4, 0.5) is 0 Å². The van der Waals surface area contributed by atoms with Gasteiger partial charge in [0, 0.05) is 11.3 Å². The summed E-state index contributed by atoms with van der Waals surface area (Å²) in [5, 5.41) is 0.193. The van der Waals surface area contributed by atoms with Gasteiger partial charge in [0.25, 0.3) is 0 Å². The van der Waals surface area contributed by atoms with E-state index in [4.69, 9.17) is 23.2 Å². The fourth-order valence-electron chi connectivity index (χ4n) is 0.693. The summed E-state index contributed by atoms with van der Waals surface area (Å²) in [7, 11) is 0. The van der Waals surface area contributed by atoms with Gasteiger partial charge in [-0.25, -0.2) is 0 Å². The van der Waals surface area contributed by atoms with Crippen molar-refractivity contribution < 1.29 is 0 Å². The normalized spacial score (nSPS) is 13.7. The van der Waals surface area contributed by atoms with Gasteiger partial charge in [0.2, 0.25) is 0 Å². The number of unbranched alkanes of at least 4 members (excludes halogenated alkanes) is 2. The van der Waals surface area contributed by atoms with E-state index < -0.39 is 0 Å². The third kappa shape index (κ3) is 6.47. The lowest BCUT2D eigenvalue weighted by Crippen LogP contribution is -1.98. The minimum absolute atomic E-state index is 0.193.